The maximum absolute atomic E-state index is 12.7. The zero-order valence-corrected chi connectivity index (χ0v) is 6.63. The first-order valence-electron chi connectivity index (χ1n) is 4.00. The summed E-state index contributed by atoms with van der Waals surface area (Å²) in [5, 5.41) is 9.04. The van der Waals surface area contributed by atoms with Gasteiger partial charge in [-0.25, -0.2) is 4.39 Å². The van der Waals surface area contributed by atoms with E-state index in [2.05, 4.69) is 4.98 Å². The highest BCUT2D eigenvalue weighted by Gasteiger charge is 2.45. The number of aromatic nitrogens is 1. The monoisotopic (exact) mass is 167 g/mol. The summed E-state index contributed by atoms with van der Waals surface area (Å²) in [6.07, 6.45) is 3.28. The minimum atomic E-state index is -0.278. The molecule has 0 radical (unpaired) electrons. The van der Waals surface area contributed by atoms with E-state index in [1.807, 2.05) is 0 Å². The number of nitrogens with zero attached hydrogens (tertiary/aromatic N) is 1. The van der Waals surface area contributed by atoms with E-state index in [-0.39, 0.29) is 17.8 Å². The van der Waals surface area contributed by atoms with Crippen molar-refractivity contribution in [3.05, 3.63) is 29.8 Å². The predicted octanol–water partition coefficient (Wildman–Crippen LogP) is 1.24. The van der Waals surface area contributed by atoms with Crippen LogP contribution in [0.25, 0.3) is 0 Å². The van der Waals surface area contributed by atoms with Crippen molar-refractivity contribution in [1.29, 1.82) is 0 Å². The molecule has 12 heavy (non-hydrogen) atoms. The molecule has 64 valence electrons. The van der Waals surface area contributed by atoms with Gasteiger partial charge in [0.15, 0.2) is 0 Å². The Balaban J connectivity index is 2.34. The Kier molecular flexibility index (Phi) is 1.61. The summed E-state index contributed by atoms with van der Waals surface area (Å²) in [5.41, 5.74) is 0.465. The number of aliphatic hydroxyl groups is 1. The molecule has 2 nitrogen and oxygen atoms in total. The second-order valence-corrected chi connectivity index (χ2v) is 3.30. The maximum atomic E-state index is 12.7. The van der Waals surface area contributed by atoms with Gasteiger partial charge in [0.25, 0.3) is 0 Å². The third-order valence-electron chi connectivity index (χ3n) is 2.42. The van der Waals surface area contributed by atoms with Crippen molar-refractivity contribution in [3.63, 3.8) is 0 Å². The molecule has 0 aliphatic heterocycles. The van der Waals surface area contributed by atoms with Crippen LogP contribution in [0.2, 0.25) is 0 Å². The van der Waals surface area contributed by atoms with E-state index in [0.29, 0.717) is 5.69 Å². The molecule has 2 rings (SSSR count). The Bertz CT molecular complexity index is 296. The van der Waals surface area contributed by atoms with Gasteiger partial charge in [-0.3, -0.25) is 4.98 Å². The van der Waals surface area contributed by atoms with E-state index in [0.717, 1.165) is 12.8 Å². The topological polar surface area (TPSA) is 33.1 Å². The highest BCUT2D eigenvalue weighted by Crippen LogP contribution is 2.46. The number of halogens is 1. The van der Waals surface area contributed by atoms with E-state index < -0.39 is 0 Å². The zero-order chi connectivity index (χ0) is 8.60. The van der Waals surface area contributed by atoms with Gasteiger partial charge in [-0.2, -0.15) is 0 Å². The van der Waals surface area contributed by atoms with Crippen molar-refractivity contribution < 1.29 is 9.50 Å². The summed E-state index contributed by atoms with van der Waals surface area (Å²) in [4.78, 5) is 4.04. The molecule has 0 spiro atoms. The van der Waals surface area contributed by atoms with Crippen LogP contribution < -0.4 is 0 Å². The molecule has 1 aliphatic carbocycles. The van der Waals surface area contributed by atoms with Crippen LogP contribution in [0.15, 0.2) is 18.3 Å². The molecule has 0 aromatic carbocycles. The van der Waals surface area contributed by atoms with Gasteiger partial charge in [0.2, 0.25) is 0 Å². The average Bonchev–Trinajstić information content (AvgIpc) is 2.84. The molecule has 1 aliphatic rings. The molecule has 0 atom stereocenters. The molecule has 1 saturated carbocycles. The van der Waals surface area contributed by atoms with E-state index in [9.17, 15) is 4.39 Å². The van der Waals surface area contributed by atoms with Crippen LogP contribution in [0.1, 0.15) is 18.5 Å². The van der Waals surface area contributed by atoms with Crippen LogP contribution in [-0.4, -0.2) is 16.7 Å². The lowest BCUT2D eigenvalue weighted by Gasteiger charge is -2.09. The predicted molar refractivity (Wildman–Crippen MR) is 42.2 cm³/mol. The first kappa shape index (κ1) is 7.68. The highest BCUT2D eigenvalue weighted by molar-refractivity contribution is 5.24. The summed E-state index contributed by atoms with van der Waals surface area (Å²) in [5.74, 6) is -0.278. The fourth-order valence-corrected chi connectivity index (χ4v) is 1.34. The lowest BCUT2D eigenvalue weighted by Crippen LogP contribution is -2.13. The summed E-state index contributed by atoms with van der Waals surface area (Å²) in [6.45, 7) is 0.0729. The number of hydrogen-bond donors (Lipinski definition) is 1. The fourth-order valence-electron chi connectivity index (χ4n) is 1.34. The van der Waals surface area contributed by atoms with Crippen LogP contribution in [0, 0.1) is 5.82 Å². The molecule has 0 saturated heterocycles. The van der Waals surface area contributed by atoms with Crippen LogP contribution in [0.4, 0.5) is 4.39 Å². The standard InChI is InChI=1S/C9H10FNO/c10-7-1-4-11-8(5-7)9(6-12)2-3-9/h1,4-5,12H,2-3,6H2. The summed E-state index contributed by atoms with van der Waals surface area (Å²) < 4.78 is 12.7. The summed E-state index contributed by atoms with van der Waals surface area (Å²) >= 11 is 0. The van der Waals surface area contributed by atoms with Gasteiger partial charge in [0.05, 0.1) is 12.3 Å². The quantitative estimate of drug-likeness (QED) is 0.719. The lowest BCUT2D eigenvalue weighted by atomic mass is 10.0. The Morgan fingerprint density at radius 2 is 2.33 bits per heavy atom. The first-order valence-corrected chi connectivity index (χ1v) is 4.00. The third kappa shape index (κ3) is 1.10. The SMILES string of the molecule is OCC1(c2cc(F)ccn2)CC1. The first-order chi connectivity index (χ1) is 5.77. The van der Waals surface area contributed by atoms with Crippen LogP contribution >= 0.6 is 0 Å². The molecule has 0 bridgehead atoms. The van der Waals surface area contributed by atoms with Gasteiger partial charge >= 0.3 is 0 Å². The Labute approximate surface area is 70.1 Å². The minimum Gasteiger partial charge on any atom is -0.395 e. The highest BCUT2D eigenvalue weighted by atomic mass is 19.1. The zero-order valence-electron chi connectivity index (χ0n) is 6.63. The number of aliphatic hydroxyl groups excluding tert-OH is 1. The summed E-state index contributed by atoms with van der Waals surface area (Å²) in [6, 6.07) is 2.72. The molecule has 1 fully saturated rings. The van der Waals surface area contributed by atoms with Gasteiger partial charge in [0, 0.05) is 11.6 Å². The number of hydrogen-bond acceptors (Lipinski definition) is 2. The second-order valence-electron chi connectivity index (χ2n) is 3.30. The molecule has 1 aromatic heterocycles. The van der Waals surface area contributed by atoms with Crippen LogP contribution in [0.3, 0.4) is 0 Å². The smallest absolute Gasteiger partial charge is 0.126 e. The molecule has 0 amide bonds. The Hall–Kier alpha value is -0.960. The van der Waals surface area contributed by atoms with E-state index in [1.54, 1.807) is 0 Å². The molecular weight excluding hydrogens is 157 g/mol. The van der Waals surface area contributed by atoms with Gasteiger partial charge in [-0.15, -0.1) is 0 Å². The molecule has 3 heteroatoms. The molecular formula is C9H10FNO. The van der Waals surface area contributed by atoms with Crippen LogP contribution in [0.5, 0.6) is 0 Å². The Morgan fingerprint density at radius 3 is 2.83 bits per heavy atom. The van der Waals surface area contributed by atoms with Crippen molar-refractivity contribution in [3.8, 4) is 0 Å². The third-order valence-corrected chi connectivity index (χ3v) is 2.42. The largest absolute Gasteiger partial charge is 0.395 e. The number of rotatable bonds is 2. The van der Waals surface area contributed by atoms with Gasteiger partial charge < -0.3 is 5.11 Å². The van der Waals surface area contributed by atoms with E-state index in [4.69, 9.17) is 5.11 Å². The minimum absolute atomic E-state index is 0.0729. The fraction of sp³-hybridized carbons (Fsp3) is 0.444. The number of pyridine rings is 1. The normalized spacial score (nSPS) is 19.2. The average molecular weight is 167 g/mol. The van der Waals surface area contributed by atoms with Crippen molar-refractivity contribution >= 4 is 0 Å². The van der Waals surface area contributed by atoms with Crippen molar-refractivity contribution in [2.75, 3.05) is 6.61 Å². The molecule has 1 aromatic rings. The van der Waals surface area contributed by atoms with Gasteiger partial charge in [-0.1, -0.05) is 0 Å². The maximum Gasteiger partial charge on any atom is 0.126 e. The van der Waals surface area contributed by atoms with Gasteiger partial charge in [-0.05, 0) is 25.0 Å². The van der Waals surface area contributed by atoms with E-state index >= 15 is 0 Å². The van der Waals surface area contributed by atoms with Gasteiger partial charge in [0.1, 0.15) is 5.82 Å². The molecule has 0 unspecified atom stereocenters. The Morgan fingerprint density at radius 1 is 1.58 bits per heavy atom. The van der Waals surface area contributed by atoms with Crippen molar-refractivity contribution in [2.45, 2.75) is 18.3 Å². The van der Waals surface area contributed by atoms with Crippen molar-refractivity contribution in [1.82, 2.24) is 4.98 Å². The van der Waals surface area contributed by atoms with E-state index in [1.165, 1.54) is 18.3 Å². The summed E-state index contributed by atoms with van der Waals surface area (Å²) in [7, 11) is 0. The second kappa shape index (κ2) is 2.52. The lowest BCUT2D eigenvalue weighted by molar-refractivity contribution is 0.252. The molecule has 1 heterocycles. The van der Waals surface area contributed by atoms with Crippen molar-refractivity contribution in [2.24, 2.45) is 0 Å². The molecule has 1 N–H and O–H groups in total. The van der Waals surface area contributed by atoms with Crippen LogP contribution in [-0.2, 0) is 5.41 Å².